The summed E-state index contributed by atoms with van der Waals surface area (Å²) in [6, 6.07) is 20.5. The fraction of sp³-hybridized carbons (Fsp3) is 0.192. The van der Waals surface area contributed by atoms with Gasteiger partial charge in [0.05, 0.1) is 5.92 Å². The SMILES string of the molecule is Cc1ccc(NC(=O)c2cccc(N3C[C@H](C(=O)NCc4ccccc4F)CC3=O)c2)cc1. The van der Waals surface area contributed by atoms with E-state index in [1.807, 2.05) is 31.2 Å². The zero-order chi connectivity index (χ0) is 23.4. The molecule has 2 N–H and O–H groups in total. The Labute approximate surface area is 191 Å². The van der Waals surface area contributed by atoms with E-state index in [1.54, 1.807) is 42.5 Å². The zero-order valence-corrected chi connectivity index (χ0v) is 18.2. The molecule has 3 aromatic rings. The number of nitrogens with one attached hydrogen (secondary N) is 2. The Kier molecular flexibility index (Phi) is 6.49. The molecule has 0 aliphatic carbocycles. The largest absolute Gasteiger partial charge is 0.352 e. The van der Waals surface area contributed by atoms with Crippen LogP contribution in [0.5, 0.6) is 0 Å². The van der Waals surface area contributed by atoms with Gasteiger partial charge in [0, 0.05) is 42.0 Å². The number of aryl methyl sites for hydroxylation is 1. The van der Waals surface area contributed by atoms with Gasteiger partial charge in [0.25, 0.3) is 5.91 Å². The molecular weight excluding hydrogens is 421 g/mol. The van der Waals surface area contributed by atoms with Crippen molar-refractivity contribution in [1.29, 1.82) is 0 Å². The zero-order valence-electron chi connectivity index (χ0n) is 18.2. The number of hydrogen-bond acceptors (Lipinski definition) is 3. The van der Waals surface area contributed by atoms with Crippen molar-refractivity contribution in [3.63, 3.8) is 0 Å². The molecular formula is C26H24FN3O3. The van der Waals surface area contributed by atoms with E-state index in [1.165, 1.54) is 11.0 Å². The summed E-state index contributed by atoms with van der Waals surface area (Å²) >= 11 is 0. The highest BCUT2D eigenvalue weighted by Crippen LogP contribution is 2.26. The van der Waals surface area contributed by atoms with E-state index < -0.39 is 5.92 Å². The number of hydrogen-bond donors (Lipinski definition) is 2. The lowest BCUT2D eigenvalue weighted by Crippen LogP contribution is -2.32. The van der Waals surface area contributed by atoms with Crippen molar-refractivity contribution in [2.75, 3.05) is 16.8 Å². The summed E-state index contributed by atoms with van der Waals surface area (Å²) < 4.78 is 13.8. The summed E-state index contributed by atoms with van der Waals surface area (Å²) in [4.78, 5) is 39.4. The van der Waals surface area contributed by atoms with Gasteiger partial charge in [-0.1, -0.05) is 42.0 Å². The lowest BCUT2D eigenvalue weighted by atomic mass is 10.1. The van der Waals surface area contributed by atoms with Gasteiger partial charge in [-0.2, -0.15) is 0 Å². The van der Waals surface area contributed by atoms with E-state index >= 15 is 0 Å². The third-order valence-corrected chi connectivity index (χ3v) is 5.64. The molecule has 1 aliphatic rings. The molecule has 0 saturated carbocycles. The molecule has 6 nitrogen and oxygen atoms in total. The maximum Gasteiger partial charge on any atom is 0.255 e. The summed E-state index contributed by atoms with van der Waals surface area (Å²) in [5.41, 5.74) is 3.13. The van der Waals surface area contributed by atoms with Crippen LogP contribution in [0.4, 0.5) is 15.8 Å². The molecule has 0 aromatic heterocycles. The van der Waals surface area contributed by atoms with Crippen LogP contribution in [-0.2, 0) is 16.1 Å². The van der Waals surface area contributed by atoms with E-state index in [2.05, 4.69) is 10.6 Å². The first-order chi connectivity index (χ1) is 15.9. The van der Waals surface area contributed by atoms with Crippen LogP contribution in [0, 0.1) is 18.7 Å². The molecule has 3 amide bonds. The van der Waals surface area contributed by atoms with Crippen LogP contribution in [0.1, 0.15) is 27.9 Å². The number of halogens is 1. The van der Waals surface area contributed by atoms with Gasteiger partial charge in [-0.3, -0.25) is 14.4 Å². The maximum absolute atomic E-state index is 13.8. The molecule has 0 bridgehead atoms. The number of benzene rings is 3. The van der Waals surface area contributed by atoms with Gasteiger partial charge in [0.15, 0.2) is 0 Å². The minimum atomic E-state index is -0.547. The second-order valence-electron chi connectivity index (χ2n) is 8.09. The highest BCUT2D eigenvalue weighted by molar-refractivity contribution is 6.06. The Bertz CT molecular complexity index is 1190. The molecule has 3 aromatic carbocycles. The molecule has 4 rings (SSSR count). The molecule has 7 heteroatoms. The molecule has 0 radical (unpaired) electrons. The molecule has 168 valence electrons. The Morgan fingerprint density at radius 1 is 1.03 bits per heavy atom. The number of amides is 3. The molecule has 1 fully saturated rings. The average molecular weight is 445 g/mol. The Morgan fingerprint density at radius 3 is 2.55 bits per heavy atom. The third kappa shape index (κ3) is 5.26. The first kappa shape index (κ1) is 22.2. The summed E-state index contributed by atoms with van der Waals surface area (Å²) in [6.07, 6.45) is 0.0584. The molecule has 0 unspecified atom stereocenters. The fourth-order valence-corrected chi connectivity index (χ4v) is 3.76. The Morgan fingerprint density at radius 2 is 1.79 bits per heavy atom. The standard InChI is InChI=1S/C26H24FN3O3/c1-17-9-11-21(12-10-17)29-26(33)18-6-4-7-22(13-18)30-16-20(14-24(30)31)25(32)28-15-19-5-2-3-8-23(19)27/h2-13,20H,14-16H2,1H3,(H,28,32)(H,29,33)/t20-/m1/s1. The van der Waals surface area contributed by atoms with Gasteiger partial charge in [-0.15, -0.1) is 0 Å². The summed E-state index contributed by atoms with van der Waals surface area (Å²) in [5, 5.41) is 5.55. The summed E-state index contributed by atoms with van der Waals surface area (Å²) in [7, 11) is 0. The van der Waals surface area contributed by atoms with Crippen LogP contribution in [0.2, 0.25) is 0 Å². The van der Waals surface area contributed by atoms with Crippen molar-refractivity contribution in [3.05, 3.63) is 95.3 Å². The molecule has 0 spiro atoms. The lowest BCUT2D eigenvalue weighted by molar-refractivity contribution is -0.126. The lowest BCUT2D eigenvalue weighted by Gasteiger charge is -2.18. The summed E-state index contributed by atoms with van der Waals surface area (Å²) in [6.45, 7) is 2.23. The smallest absolute Gasteiger partial charge is 0.255 e. The van der Waals surface area contributed by atoms with Crippen LogP contribution in [0.3, 0.4) is 0 Å². The van der Waals surface area contributed by atoms with Crippen molar-refractivity contribution >= 4 is 29.1 Å². The van der Waals surface area contributed by atoms with Crippen LogP contribution >= 0.6 is 0 Å². The number of nitrogens with zero attached hydrogens (tertiary/aromatic N) is 1. The van der Waals surface area contributed by atoms with Gasteiger partial charge in [-0.25, -0.2) is 4.39 Å². The minimum Gasteiger partial charge on any atom is -0.352 e. The summed E-state index contributed by atoms with van der Waals surface area (Å²) in [5.74, 6) is -1.72. The van der Waals surface area contributed by atoms with Crippen molar-refractivity contribution in [1.82, 2.24) is 5.32 Å². The van der Waals surface area contributed by atoms with Crippen molar-refractivity contribution in [2.24, 2.45) is 5.92 Å². The second-order valence-corrected chi connectivity index (χ2v) is 8.09. The van der Waals surface area contributed by atoms with E-state index in [4.69, 9.17) is 0 Å². The minimum absolute atomic E-state index is 0.0584. The van der Waals surface area contributed by atoms with E-state index in [0.717, 1.165) is 5.56 Å². The first-order valence-corrected chi connectivity index (χ1v) is 10.7. The second kappa shape index (κ2) is 9.65. The maximum atomic E-state index is 13.8. The van der Waals surface area contributed by atoms with E-state index in [-0.39, 0.29) is 43.0 Å². The van der Waals surface area contributed by atoms with Gasteiger partial charge in [0.1, 0.15) is 5.82 Å². The predicted octanol–water partition coefficient (Wildman–Crippen LogP) is 4.06. The van der Waals surface area contributed by atoms with E-state index in [9.17, 15) is 18.8 Å². The van der Waals surface area contributed by atoms with Crippen molar-refractivity contribution in [3.8, 4) is 0 Å². The number of carbonyl (C=O) groups is 3. The monoisotopic (exact) mass is 445 g/mol. The Balaban J connectivity index is 1.40. The number of carbonyl (C=O) groups excluding carboxylic acids is 3. The normalized spacial score (nSPS) is 15.4. The quantitative estimate of drug-likeness (QED) is 0.601. The highest BCUT2D eigenvalue weighted by Gasteiger charge is 2.35. The van der Waals surface area contributed by atoms with Crippen molar-refractivity contribution < 1.29 is 18.8 Å². The van der Waals surface area contributed by atoms with Gasteiger partial charge >= 0.3 is 0 Å². The fourth-order valence-electron chi connectivity index (χ4n) is 3.76. The Hall–Kier alpha value is -4.00. The van der Waals surface area contributed by atoms with Crippen LogP contribution in [0.25, 0.3) is 0 Å². The van der Waals surface area contributed by atoms with Crippen molar-refractivity contribution in [2.45, 2.75) is 19.9 Å². The highest BCUT2D eigenvalue weighted by atomic mass is 19.1. The molecule has 33 heavy (non-hydrogen) atoms. The average Bonchev–Trinajstić information content (AvgIpc) is 3.21. The molecule has 1 aliphatic heterocycles. The number of anilines is 2. The van der Waals surface area contributed by atoms with E-state index in [0.29, 0.717) is 22.5 Å². The number of rotatable bonds is 6. The van der Waals surface area contributed by atoms with Gasteiger partial charge in [0.2, 0.25) is 11.8 Å². The van der Waals surface area contributed by atoms with Gasteiger partial charge in [-0.05, 0) is 43.3 Å². The van der Waals surface area contributed by atoms with Crippen LogP contribution < -0.4 is 15.5 Å². The topological polar surface area (TPSA) is 78.5 Å². The third-order valence-electron chi connectivity index (χ3n) is 5.64. The molecule has 1 saturated heterocycles. The predicted molar refractivity (Wildman–Crippen MR) is 124 cm³/mol. The van der Waals surface area contributed by atoms with Gasteiger partial charge < -0.3 is 15.5 Å². The van der Waals surface area contributed by atoms with Crippen LogP contribution in [-0.4, -0.2) is 24.3 Å². The first-order valence-electron chi connectivity index (χ1n) is 10.7. The molecule has 1 atom stereocenters. The molecule has 1 heterocycles. The van der Waals surface area contributed by atoms with Crippen LogP contribution in [0.15, 0.2) is 72.8 Å².